The second-order valence-corrected chi connectivity index (χ2v) is 34.2. The summed E-state index contributed by atoms with van der Waals surface area (Å²) in [6.07, 6.45) is 3.63. The predicted octanol–water partition coefficient (Wildman–Crippen LogP) is 25.3. The van der Waals surface area contributed by atoms with Crippen molar-refractivity contribution < 1.29 is 24.6 Å². The van der Waals surface area contributed by atoms with E-state index in [9.17, 15) is 20.2 Å². The second kappa shape index (κ2) is 34.5. The third-order valence-corrected chi connectivity index (χ3v) is 27.4. The number of thiophene rings is 4. The number of halogens is 1. The Morgan fingerprint density at radius 3 is 1.36 bits per heavy atom. The lowest BCUT2D eigenvalue weighted by Crippen LogP contribution is -2.29. The molecule has 3 N–H and O–H groups in total. The Kier molecular flexibility index (Phi) is 23.0. The molecule has 1 aliphatic carbocycles. The number of para-hydroxylation sites is 3. The smallest absolute Gasteiger partial charge is 0.423 e. The molecule has 6 heterocycles. The number of hydrogen-bond acceptors (Lipinski definition) is 11. The zero-order valence-electron chi connectivity index (χ0n) is 60.3. The normalized spacial score (nSPS) is 11.9. The predicted molar refractivity (Wildman–Crippen MR) is 483 cm³/mol. The summed E-state index contributed by atoms with van der Waals surface area (Å²) < 4.78 is 15.8. The minimum Gasteiger partial charge on any atom is -0.423 e. The number of ether oxygens (including phenoxy) is 1. The van der Waals surface area contributed by atoms with Gasteiger partial charge in [-0.2, -0.15) is 0 Å². The lowest BCUT2D eigenvalue weighted by Gasteiger charge is -2.18. The number of H-pyrrole nitrogens is 1. The molecular weight excluding hydrogens is 1550 g/mol. The van der Waals surface area contributed by atoms with E-state index in [1.165, 1.54) is 149 Å². The minimum absolute atomic E-state index is 0.0995. The SMILES string of the molecule is C1CCOC1.O=[N+]([O-])c1ccccc1-c1ccc2sc3ccccc3c2c1.O=[N+]([O-])c1ccccc1Br.OB(O)c1ccc2sc3ccccc3c2c1.c1ccc(P(c2ccccc2)c2ccccc2)cc1.c1ccc2c(c1)Cc1cc3sc4ccccc4c3cc1-2.c1ccc2c(c1)[nH]c1c2ccc2sc3ccccc3c21. The number of benzene rings is 15. The Balaban J connectivity index is 0.000000101. The molecule has 1 saturated heterocycles. The molecule has 0 unspecified atom stereocenters. The van der Waals surface area contributed by atoms with E-state index in [1.807, 2.05) is 77.3 Å². The number of fused-ring (bicyclic) bond motifs is 19. The molecule has 0 spiro atoms. The average molecular weight is 1620 g/mol. The van der Waals surface area contributed by atoms with Crippen molar-refractivity contribution in [2.75, 3.05) is 13.2 Å². The van der Waals surface area contributed by atoms with Gasteiger partial charge in [-0.25, -0.2) is 0 Å². The number of nitro groups is 2. The van der Waals surface area contributed by atoms with Crippen LogP contribution in [0.1, 0.15) is 24.0 Å². The Bertz CT molecular complexity index is 6660. The van der Waals surface area contributed by atoms with Crippen molar-refractivity contribution in [2.45, 2.75) is 19.3 Å². The molecule has 5 aromatic heterocycles. The van der Waals surface area contributed by atoms with Crippen molar-refractivity contribution in [1.29, 1.82) is 0 Å². The molecule has 2 aliphatic rings. The number of aromatic amines is 1. The van der Waals surface area contributed by atoms with Crippen molar-refractivity contribution in [1.82, 2.24) is 4.98 Å². The fraction of sp³-hybridized carbons (Fsp3) is 0.0526. The van der Waals surface area contributed by atoms with Crippen molar-refractivity contribution in [3.05, 3.63) is 382 Å². The summed E-state index contributed by atoms with van der Waals surface area (Å²) in [5.41, 5.74) is 10.6. The van der Waals surface area contributed by atoms with Gasteiger partial charge in [-0.3, -0.25) is 20.2 Å². The van der Waals surface area contributed by atoms with Gasteiger partial charge in [0.2, 0.25) is 0 Å². The summed E-state index contributed by atoms with van der Waals surface area (Å²) in [6, 6.07) is 118. The fourth-order valence-corrected chi connectivity index (χ4v) is 21.6. The van der Waals surface area contributed by atoms with Crippen LogP contribution in [0.25, 0.3) is 125 Å². The van der Waals surface area contributed by atoms with Crippen LogP contribution in [0.15, 0.2) is 350 Å². The molecule has 0 saturated carbocycles. The summed E-state index contributed by atoms with van der Waals surface area (Å²) in [5, 5.41) is 56.7. The average Bonchev–Trinajstić information content (AvgIpc) is 1.58. The molecule has 0 radical (unpaired) electrons. The molecule has 1 fully saturated rings. The molecule has 0 amide bonds. The van der Waals surface area contributed by atoms with E-state index in [4.69, 9.17) is 14.8 Å². The van der Waals surface area contributed by atoms with Crippen molar-refractivity contribution in [2.24, 2.45) is 0 Å². The first-order valence-corrected chi connectivity index (χ1v) is 42.1. The molecule has 1 aliphatic heterocycles. The maximum Gasteiger partial charge on any atom is 0.488 e. The summed E-state index contributed by atoms with van der Waals surface area (Å²) in [6.45, 7) is 2.00. The molecule has 546 valence electrons. The topological polar surface area (TPSA) is 152 Å². The molecule has 17 heteroatoms. The lowest BCUT2D eigenvalue weighted by atomic mass is 9.80. The van der Waals surface area contributed by atoms with Crippen molar-refractivity contribution >= 4 is 212 Å². The minimum atomic E-state index is -1.40. The molecule has 15 aromatic carbocycles. The van der Waals surface area contributed by atoms with Crippen LogP contribution < -0.4 is 21.4 Å². The van der Waals surface area contributed by atoms with Crippen LogP contribution in [0.2, 0.25) is 0 Å². The van der Waals surface area contributed by atoms with Gasteiger partial charge in [-0.15, -0.1) is 45.3 Å². The highest BCUT2D eigenvalue weighted by Gasteiger charge is 2.22. The Morgan fingerprint density at radius 1 is 0.366 bits per heavy atom. The van der Waals surface area contributed by atoms with Crippen LogP contribution in [-0.2, 0) is 11.2 Å². The van der Waals surface area contributed by atoms with E-state index in [0.29, 0.717) is 15.5 Å². The van der Waals surface area contributed by atoms with Crippen LogP contribution in [0.5, 0.6) is 0 Å². The maximum atomic E-state index is 11.2. The van der Waals surface area contributed by atoms with Crippen molar-refractivity contribution in [3.8, 4) is 22.3 Å². The summed E-state index contributed by atoms with van der Waals surface area (Å²) in [4.78, 5) is 24.3. The van der Waals surface area contributed by atoms with E-state index < -0.39 is 20.0 Å². The molecule has 112 heavy (non-hydrogen) atoms. The van der Waals surface area contributed by atoms with Crippen LogP contribution in [-0.4, -0.2) is 45.2 Å². The van der Waals surface area contributed by atoms with Gasteiger partial charge in [0.05, 0.1) is 25.4 Å². The zero-order valence-corrected chi connectivity index (χ0v) is 66.1. The summed E-state index contributed by atoms with van der Waals surface area (Å²) in [7, 11) is -1.85. The number of aromatic nitrogens is 1. The standard InChI is InChI=1S/C19H12S.C18H11NO2S.C18H11NS.C18H15P.C12H9BO2S.C6H4BrNO2.C4H8O/c1-2-6-14-12(5-1)9-13-10-19-17(11-16(13)14)15-7-3-4-8-18(15)20-19;20-19(21)16-7-3-1-5-13(16)12-9-10-18-15(11-12)14-6-2-4-8-17(14)22-18;1-3-7-14-11(5-1)12-9-10-16-17(18(12)19-14)13-6-2-4-8-15(13)20-16;1-4-10-16(11-5-1)19(17-12-6-2-7-13-17)18-14-8-3-9-15-18;14-13(15)8-5-6-12-10(7-8)9-3-1-2-4-11(9)16-12;7-5-3-1-2-4-6(5)8(9)10;1-2-4-5-3-1/h1-8,10-11H,9H2;1-11H;1-10,19H;1-15H;1-7,14-15H;1-4H;1-4H2. The third kappa shape index (κ3) is 16.2. The molecule has 10 nitrogen and oxygen atoms in total. The van der Waals surface area contributed by atoms with Gasteiger partial charge in [0, 0.05) is 117 Å². The van der Waals surface area contributed by atoms with Gasteiger partial charge < -0.3 is 19.8 Å². The summed E-state index contributed by atoms with van der Waals surface area (Å²) >= 11 is 10.3. The number of nitro benzene ring substituents is 2. The maximum absolute atomic E-state index is 11.2. The quantitative estimate of drug-likeness (QED) is 0.0622. The van der Waals surface area contributed by atoms with Gasteiger partial charge in [0.25, 0.3) is 11.4 Å². The third-order valence-electron chi connectivity index (χ3n) is 19.7. The fourth-order valence-electron chi connectivity index (χ4n) is 14.4. The Hall–Kier alpha value is -11.4. The largest absolute Gasteiger partial charge is 0.488 e. The number of nitrogens with zero attached hydrogens (tertiary/aromatic N) is 2. The highest BCUT2D eigenvalue weighted by molar-refractivity contribution is 9.10. The van der Waals surface area contributed by atoms with E-state index in [-0.39, 0.29) is 16.3 Å². The first-order valence-electron chi connectivity index (χ1n) is 36.7. The summed E-state index contributed by atoms with van der Waals surface area (Å²) in [5.74, 6) is 0. The highest BCUT2D eigenvalue weighted by atomic mass is 79.9. The first-order chi connectivity index (χ1) is 55.0. The Labute approximate surface area is 672 Å². The molecular formula is C95H70BBrN3O7PS4. The van der Waals surface area contributed by atoms with E-state index >= 15 is 0 Å². The van der Waals surface area contributed by atoms with E-state index in [1.54, 1.807) is 65.1 Å². The van der Waals surface area contributed by atoms with Crippen LogP contribution in [0, 0.1) is 20.2 Å². The van der Waals surface area contributed by atoms with Gasteiger partial charge in [-0.1, -0.05) is 255 Å². The molecule has 0 bridgehead atoms. The van der Waals surface area contributed by atoms with Gasteiger partial charge in [0.1, 0.15) is 0 Å². The highest BCUT2D eigenvalue weighted by Crippen LogP contribution is 2.45. The number of hydrogen-bond donors (Lipinski definition) is 3. The molecule has 20 aromatic rings. The molecule has 22 rings (SSSR count). The first kappa shape index (κ1) is 74.7. The number of rotatable bonds is 7. The second-order valence-electron chi connectivity index (χ2n) is 26.7. The van der Waals surface area contributed by atoms with Crippen molar-refractivity contribution in [3.63, 3.8) is 0 Å². The van der Waals surface area contributed by atoms with Crippen LogP contribution in [0.4, 0.5) is 11.4 Å². The van der Waals surface area contributed by atoms with Crippen LogP contribution in [0.3, 0.4) is 0 Å². The monoisotopic (exact) mass is 1610 g/mol. The van der Waals surface area contributed by atoms with E-state index in [0.717, 1.165) is 36.0 Å². The van der Waals surface area contributed by atoms with Gasteiger partial charge in [-0.05, 0) is 177 Å². The lowest BCUT2D eigenvalue weighted by molar-refractivity contribution is -0.385. The van der Waals surface area contributed by atoms with Gasteiger partial charge >= 0.3 is 7.12 Å². The van der Waals surface area contributed by atoms with Gasteiger partial charge in [0.15, 0.2) is 0 Å². The number of nitrogens with one attached hydrogen (secondary N) is 1. The van der Waals surface area contributed by atoms with E-state index in [2.05, 4.69) is 264 Å². The molecule has 0 atom stereocenters. The zero-order chi connectivity index (χ0) is 76.4. The van der Waals surface area contributed by atoms with Crippen LogP contribution >= 0.6 is 69.2 Å². The Morgan fingerprint density at radius 2 is 0.804 bits per heavy atom.